The molecule has 1 aromatic carbocycles. The van der Waals surface area contributed by atoms with Crippen LogP contribution >= 0.6 is 11.6 Å². The molecule has 1 atom stereocenters. The monoisotopic (exact) mass is 375 g/mol. The van der Waals surface area contributed by atoms with Crippen molar-refractivity contribution in [2.24, 2.45) is 0 Å². The highest BCUT2D eigenvalue weighted by Crippen LogP contribution is 2.27. The minimum absolute atomic E-state index is 0.0661. The first kappa shape index (κ1) is 18.3. The molecule has 0 radical (unpaired) electrons. The van der Waals surface area contributed by atoms with E-state index in [1.54, 1.807) is 12.1 Å². The first-order chi connectivity index (χ1) is 11.3. The summed E-state index contributed by atoms with van der Waals surface area (Å²) in [5, 5.41) is 7.84. The second kappa shape index (κ2) is 7.71. The molecule has 1 aliphatic heterocycles. The number of benzene rings is 1. The molecule has 1 aromatic rings. The molecule has 1 unspecified atom stereocenters. The summed E-state index contributed by atoms with van der Waals surface area (Å²) in [5.74, 6) is 0.0391. The minimum Gasteiger partial charge on any atom is -0.495 e. The number of nitrogens with one attached hydrogen (secondary N) is 3. The van der Waals surface area contributed by atoms with Crippen molar-refractivity contribution in [1.82, 2.24) is 10.6 Å². The molecule has 0 saturated carbocycles. The number of anilines is 1. The van der Waals surface area contributed by atoms with Crippen LogP contribution in [0.1, 0.15) is 6.42 Å². The highest BCUT2D eigenvalue weighted by atomic mass is 35.5. The average Bonchev–Trinajstić information content (AvgIpc) is 2.84. The van der Waals surface area contributed by atoms with Crippen LogP contribution in [0.15, 0.2) is 18.2 Å². The number of carbonyl (C=O) groups is 2. The zero-order valence-electron chi connectivity index (χ0n) is 13.0. The van der Waals surface area contributed by atoms with Gasteiger partial charge in [-0.1, -0.05) is 11.6 Å². The van der Waals surface area contributed by atoms with Gasteiger partial charge in [0.05, 0.1) is 30.2 Å². The number of rotatable bonds is 5. The Morgan fingerprint density at radius 3 is 2.71 bits per heavy atom. The van der Waals surface area contributed by atoms with E-state index in [0.717, 1.165) is 0 Å². The van der Waals surface area contributed by atoms with Gasteiger partial charge in [0.25, 0.3) is 0 Å². The second-order valence-corrected chi connectivity index (χ2v) is 7.96. The van der Waals surface area contributed by atoms with Crippen LogP contribution in [0, 0.1) is 0 Å². The number of halogens is 1. The number of amides is 3. The van der Waals surface area contributed by atoms with Crippen molar-refractivity contribution < 1.29 is 22.7 Å². The van der Waals surface area contributed by atoms with Crippen LogP contribution in [-0.4, -0.2) is 51.6 Å². The molecule has 3 N–H and O–H groups in total. The summed E-state index contributed by atoms with van der Waals surface area (Å²) in [6.45, 7) is -0.255. The van der Waals surface area contributed by atoms with E-state index in [2.05, 4.69) is 16.0 Å². The second-order valence-electron chi connectivity index (χ2n) is 5.32. The van der Waals surface area contributed by atoms with Gasteiger partial charge in [-0.3, -0.25) is 4.79 Å². The molecule has 2 rings (SSSR count). The average molecular weight is 376 g/mol. The maximum absolute atomic E-state index is 11.8. The lowest BCUT2D eigenvalue weighted by molar-refractivity contribution is -0.115. The Morgan fingerprint density at radius 1 is 1.38 bits per heavy atom. The lowest BCUT2D eigenvalue weighted by Gasteiger charge is -2.12. The molecule has 0 aliphatic carbocycles. The highest BCUT2D eigenvalue weighted by molar-refractivity contribution is 7.91. The Balaban J connectivity index is 1.76. The number of urea groups is 1. The summed E-state index contributed by atoms with van der Waals surface area (Å²) >= 11 is 5.95. The van der Waals surface area contributed by atoms with Crippen molar-refractivity contribution in [1.29, 1.82) is 0 Å². The molecule has 10 heteroatoms. The van der Waals surface area contributed by atoms with Gasteiger partial charge in [-0.15, -0.1) is 0 Å². The van der Waals surface area contributed by atoms with Crippen LogP contribution < -0.4 is 20.7 Å². The molecule has 1 aliphatic rings. The van der Waals surface area contributed by atoms with Crippen LogP contribution in [0.25, 0.3) is 0 Å². The molecule has 0 bridgehead atoms. The highest BCUT2D eigenvalue weighted by Gasteiger charge is 2.28. The largest absolute Gasteiger partial charge is 0.495 e. The predicted octanol–water partition coefficient (Wildman–Crippen LogP) is 0.773. The molecule has 0 spiro atoms. The lowest BCUT2D eigenvalue weighted by atomic mass is 10.3. The van der Waals surface area contributed by atoms with Gasteiger partial charge in [-0.05, 0) is 24.6 Å². The van der Waals surface area contributed by atoms with Crippen LogP contribution in [0.4, 0.5) is 10.5 Å². The predicted molar refractivity (Wildman–Crippen MR) is 90.2 cm³/mol. The van der Waals surface area contributed by atoms with Gasteiger partial charge in [0.1, 0.15) is 5.75 Å². The van der Waals surface area contributed by atoms with E-state index in [0.29, 0.717) is 22.9 Å². The molecule has 24 heavy (non-hydrogen) atoms. The first-order valence-electron chi connectivity index (χ1n) is 7.17. The van der Waals surface area contributed by atoms with Gasteiger partial charge in [0, 0.05) is 11.7 Å². The number of carbonyl (C=O) groups excluding carboxylic acids is 2. The quantitative estimate of drug-likeness (QED) is 0.703. The first-order valence-corrected chi connectivity index (χ1v) is 9.37. The molecular weight excluding hydrogens is 358 g/mol. The summed E-state index contributed by atoms with van der Waals surface area (Å²) in [6.07, 6.45) is 0.381. The van der Waals surface area contributed by atoms with E-state index in [-0.39, 0.29) is 18.1 Å². The summed E-state index contributed by atoms with van der Waals surface area (Å²) in [4.78, 5) is 23.5. The SMILES string of the molecule is COc1ccc(NC(=O)CNC(=O)NC2CCS(=O)(=O)C2)cc1Cl. The third-order valence-electron chi connectivity index (χ3n) is 3.41. The van der Waals surface area contributed by atoms with Crippen molar-refractivity contribution in [2.75, 3.05) is 30.5 Å². The van der Waals surface area contributed by atoms with Gasteiger partial charge in [0.15, 0.2) is 9.84 Å². The molecule has 1 saturated heterocycles. The van der Waals surface area contributed by atoms with E-state index >= 15 is 0 Å². The Bertz CT molecular complexity index is 738. The number of sulfone groups is 1. The summed E-state index contributed by atoms with van der Waals surface area (Å²) < 4.78 is 27.6. The summed E-state index contributed by atoms with van der Waals surface area (Å²) in [5.41, 5.74) is 0.467. The van der Waals surface area contributed by atoms with Crippen molar-refractivity contribution in [3.05, 3.63) is 23.2 Å². The topological polar surface area (TPSA) is 114 Å². The van der Waals surface area contributed by atoms with E-state index in [9.17, 15) is 18.0 Å². The van der Waals surface area contributed by atoms with Crippen LogP contribution in [0.2, 0.25) is 5.02 Å². The molecule has 1 heterocycles. The van der Waals surface area contributed by atoms with Gasteiger partial charge in [0.2, 0.25) is 5.91 Å². The number of hydrogen-bond acceptors (Lipinski definition) is 5. The Kier molecular flexibility index (Phi) is 5.89. The van der Waals surface area contributed by atoms with E-state index in [1.165, 1.54) is 13.2 Å². The molecule has 1 fully saturated rings. The maximum Gasteiger partial charge on any atom is 0.315 e. The smallest absolute Gasteiger partial charge is 0.315 e. The summed E-state index contributed by atoms with van der Waals surface area (Å²) in [7, 11) is -1.58. The van der Waals surface area contributed by atoms with Crippen molar-refractivity contribution in [3.63, 3.8) is 0 Å². The van der Waals surface area contributed by atoms with E-state index in [1.807, 2.05) is 0 Å². The van der Waals surface area contributed by atoms with E-state index in [4.69, 9.17) is 16.3 Å². The zero-order chi connectivity index (χ0) is 17.7. The molecule has 3 amide bonds. The van der Waals surface area contributed by atoms with E-state index < -0.39 is 27.8 Å². The Hall–Kier alpha value is -2.00. The Labute approximate surface area is 144 Å². The Morgan fingerprint density at radius 2 is 2.12 bits per heavy atom. The number of methoxy groups -OCH3 is 1. The van der Waals surface area contributed by atoms with Gasteiger partial charge < -0.3 is 20.7 Å². The molecular formula is C14H18ClN3O5S. The third-order valence-corrected chi connectivity index (χ3v) is 5.48. The van der Waals surface area contributed by atoms with Gasteiger partial charge in [-0.2, -0.15) is 0 Å². The van der Waals surface area contributed by atoms with Crippen LogP contribution in [0.5, 0.6) is 5.75 Å². The standard InChI is InChI=1S/C14H18ClN3O5S/c1-23-12-3-2-9(6-11(12)15)17-13(19)7-16-14(20)18-10-4-5-24(21,22)8-10/h2-3,6,10H,4-5,7-8H2,1H3,(H,17,19)(H2,16,18,20). The van der Waals surface area contributed by atoms with Gasteiger partial charge >= 0.3 is 6.03 Å². The molecule has 0 aromatic heterocycles. The summed E-state index contributed by atoms with van der Waals surface area (Å²) in [6, 6.07) is 3.75. The minimum atomic E-state index is -3.07. The normalized spacial score (nSPS) is 18.7. The lowest BCUT2D eigenvalue weighted by Crippen LogP contribution is -2.45. The van der Waals surface area contributed by atoms with Crippen molar-refractivity contribution >= 4 is 39.1 Å². The maximum atomic E-state index is 11.8. The number of ether oxygens (including phenoxy) is 1. The molecule has 8 nitrogen and oxygen atoms in total. The van der Waals surface area contributed by atoms with Crippen molar-refractivity contribution in [3.8, 4) is 5.75 Å². The van der Waals surface area contributed by atoms with Crippen molar-refractivity contribution in [2.45, 2.75) is 12.5 Å². The fourth-order valence-corrected chi connectivity index (χ4v) is 4.19. The van der Waals surface area contributed by atoms with Crippen LogP contribution in [-0.2, 0) is 14.6 Å². The van der Waals surface area contributed by atoms with Gasteiger partial charge in [-0.25, -0.2) is 13.2 Å². The van der Waals surface area contributed by atoms with Crippen LogP contribution in [0.3, 0.4) is 0 Å². The fourth-order valence-electron chi connectivity index (χ4n) is 2.26. The zero-order valence-corrected chi connectivity index (χ0v) is 14.5. The fraction of sp³-hybridized carbons (Fsp3) is 0.429. The third kappa shape index (κ3) is 5.27. The molecule has 132 valence electrons. The number of hydrogen-bond donors (Lipinski definition) is 3.